The van der Waals surface area contributed by atoms with Crippen molar-refractivity contribution in [3.05, 3.63) is 36.5 Å². The smallest absolute Gasteiger partial charge is 0.546 e. The first-order chi connectivity index (χ1) is 7.85. The number of hydrogen-bond donors (Lipinski definition) is 0. The minimum Gasteiger partial charge on any atom is -0.641 e. The highest BCUT2D eigenvalue weighted by Crippen LogP contribution is 2.24. The van der Waals surface area contributed by atoms with Gasteiger partial charge in [-0.2, -0.15) is 0 Å². The van der Waals surface area contributed by atoms with Crippen LogP contribution in [0.2, 0.25) is 10.6 Å². The fourth-order valence-electron chi connectivity index (χ4n) is 1.81. The lowest BCUT2D eigenvalue weighted by Gasteiger charge is -2.13. The van der Waals surface area contributed by atoms with E-state index in [1.165, 1.54) is 10.6 Å². The van der Waals surface area contributed by atoms with Gasteiger partial charge in [0.05, 0.1) is 0 Å². The van der Waals surface area contributed by atoms with Crippen LogP contribution in [0.5, 0.6) is 5.75 Å². The third-order valence-corrected chi connectivity index (χ3v) is 5.21. The summed E-state index contributed by atoms with van der Waals surface area (Å²) in [6.45, 7) is 4.41. The number of rotatable bonds is 4. The van der Waals surface area contributed by atoms with Crippen molar-refractivity contribution in [3.8, 4) is 5.75 Å². The molecule has 0 spiro atoms. The molecule has 0 radical (unpaired) electrons. The van der Waals surface area contributed by atoms with Crippen LogP contribution in [0.25, 0.3) is 10.9 Å². The summed E-state index contributed by atoms with van der Waals surface area (Å²) in [5.74, 6) is 0.957. The van der Waals surface area contributed by atoms with E-state index in [1.54, 1.807) is 0 Å². The SMILES string of the molecule is C[CH2][Al]([CH2]C)[O]c1cccc2cccnc12. The van der Waals surface area contributed by atoms with Crippen LogP contribution in [0.15, 0.2) is 36.5 Å². The molecular weight excluding hydrogens is 213 g/mol. The maximum Gasteiger partial charge on any atom is 0.546 e. The van der Waals surface area contributed by atoms with Crippen LogP contribution in [0.4, 0.5) is 0 Å². The third kappa shape index (κ3) is 2.37. The Kier molecular flexibility index (Phi) is 3.82. The van der Waals surface area contributed by atoms with Crippen molar-refractivity contribution in [1.82, 2.24) is 4.98 Å². The zero-order valence-corrected chi connectivity index (χ0v) is 11.0. The molecule has 0 amide bonds. The Balaban J connectivity index is 2.36. The van der Waals surface area contributed by atoms with Gasteiger partial charge in [0.1, 0.15) is 11.3 Å². The van der Waals surface area contributed by atoms with E-state index in [0.717, 1.165) is 16.7 Å². The predicted molar refractivity (Wildman–Crippen MR) is 69.1 cm³/mol. The lowest BCUT2D eigenvalue weighted by molar-refractivity contribution is 0.571. The number of para-hydroxylation sites is 1. The summed E-state index contributed by atoms with van der Waals surface area (Å²) in [5, 5.41) is 3.49. The number of nitrogens with zero attached hydrogens (tertiary/aromatic N) is 1. The summed E-state index contributed by atoms with van der Waals surface area (Å²) in [7, 11) is 0. The second kappa shape index (κ2) is 5.34. The van der Waals surface area contributed by atoms with E-state index in [-0.39, 0.29) is 0 Å². The van der Waals surface area contributed by atoms with E-state index in [1.807, 2.05) is 24.4 Å². The van der Waals surface area contributed by atoms with E-state index in [2.05, 4.69) is 31.0 Å². The van der Waals surface area contributed by atoms with Gasteiger partial charge in [0.2, 0.25) is 0 Å². The molecule has 0 saturated heterocycles. The molecule has 82 valence electrons. The first-order valence-corrected chi connectivity index (χ1v) is 7.96. The first-order valence-electron chi connectivity index (χ1n) is 5.85. The van der Waals surface area contributed by atoms with Crippen LogP contribution in [0.1, 0.15) is 13.8 Å². The summed E-state index contributed by atoms with van der Waals surface area (Å²) in [5.41, 5.74) is 0.990. The van der Waals surface area contributed by atoms with Crippen molar-refractivity contribution in [2.75, 3.05) is 0 Å². The molecule has 0 aliphatic rings. The summed E-state index contributed by atoms with van der Waals surface area (Å²) < 4.78 is 6.10. The number of fused-ring (bicyclic) bond motifs is 1. The quantitative estimate of drug-likeness (QED) is 0.746. The van der Waals surface area contributed by atoms with Crippen LogP contribution < -0.4 is 3.79 Å². The van der Waals surface area contributed by atoms with Gasteiger partial charge in [-0.1, -0.05) is 42.6 Å². The van der Waals surface area contributed by atoms with Crippen molar-refractivity contribution in [2.45, 2.75) is 24.4 Å². The zero-order valence-electron chi connectivity index (χ0n) is 9.81. The van der Waals surface area contributed by atoms with Crippen LogP contribution in [-0.2, 0) is 0 Å². The second-order valence-electron chi connectivity index (χ2n) is 3.89. The van der Waals surface area contributed by atoms with Crippen molar-refractivity contribution < 1.29 is 3.79 Å². The Bertz CT molecular complexity index is 463. The van der Waals surface area contributed by atoms with E-state index >= 15 is 0 Å². The summed E-state index contributed by atoms with van der Waals surface area (Å²) >= 11 is -1.07. The minimum absolute atomic E-state index is 0.957. The van der Waals surface area contributed by atoms with Crippen LogP contribution >= 0.6 is 0 Å². The van der Waals surface area contributed by atoms with E-state index < -0.39 is 14.5 Å². The number of hydrogen-bond acceptors (Lipinski definition) is 2. The highest BCUT2D eigenvalue weighted by Gasteiger charge is 2.18. The highest BCUT2D eigenvalue weighted by molar-refractivity contribution is 6.52. The van der Waals surface area contributed by atoms with E-state index in [4.69, 9.17) is 3.79 Å². The molecule has 2 rings (SSSR count). The Morgan fingerprint density at radius 1 is 1.12 bits per heavy atom. The molecule has 0 N–H and O–H groups in total. The maximum atomic E-state index is 6.10. The normalized spacial score (nSPS) is 10.4. The van der Waals surface area contributed by atoms with E-state index in [9.17, 15) is 0 Å². The van der Waals surface area contributed by atoms with Crippen molar-refractivity contribution in [1.29, 1.82) is 0 Å². The molecule has 3 heteroatoms. The highest BCUT2D eigenvalue weighted by atomic mass is 27.2. The van der Waals surface area contributed by atoms with Crippen LogP contribution in [-0.4, -0.2) is 19.5 Å². The number of aromatic nitrogens is 1. The molecule has 0 aliphatic carbocycles. The fourth-order valence-corrected chi connectivity index (χ4v) is 3.27. The van der Waals surface area contributed by atoms with Gasteiger partial charge in [-0.3, -0.25) is 4.98 Å². The standard InChI is InChI=1S/C9H7NO.2C2H5.Al/c11-8-5-1-3-7-4-2-6-10-9(7)8;2*1-2;/h1-6,11H;2*1H2,2H3;/q;;;+1/p-1. The van der Waals surface area contributed by atoms with Crippen molar-refractivity contribution >= 4 is 25.4 Å². The Hall–Kier alpha value is -1.04. The van der Waals surface area contributed by atoms with Crippen molar-refractivity contribution in [3.63, 3.8) is 0 Å². The van der Waals surface area contributed by atoms with Crippen molar-refractivity contribution in [2.24, 2.45) is 0 Å². The molecule has 0 atom stereocenters. The van der Waals surface area contributed by atoms with Gasteiger partial charge in [-0.05, 0) is 12.1 Å². The molecule has 0 unspecified atom stereocenters. The third-order valence-electron chi connectivity index (χ3n) is 2.80. The molecule has 0 bridgehead atoms. The van der Waals surface area contributed by atoms with Crippen LogP contribution in [0.3, 0.4) is 0 Å². The average molecular weight is 229 g/mol. The monoisotopic (exact) mass is 229 g/mol. The largest absolute Gasteiger partial charge is 0.641 e. The fraction of sp³-hybridized carbons (Fsp3) is 0.308. The first kappa shape index (κ1) is 11.4. The Labute approximate surface area is 101 Å². The van der Waals surface area contributed by atoms with Gasteiger partial charge in [0.15, 0.2) is 0 Å². The molecule has 16 heavy (non-hydrogen) atoms. The average Bonchev–Trinajstić information content (AvgIpc) is 2.36. The lowest BCUT2D eigenvalue weighted by atomic mass is 10.2. The van der Waals surface area contributed by atoms with Gasteiger partial charge in [-0.15, -0.1) is 0 Å². The summed E-state index contributed by atoms with van der Waals surface area (Å²) in [6, 6.07) is 10.2. The Morgan fingerprint density at radius 3 is 2.62 bits per heavy atom. The molecule has 2 aromatic rings. The molecule has 1 heterocycles. The van der Waals surface area contributed by atoms with E-state index in [0.29, 0.717) is 0 Å². The molecule has 1 aromatic heterocycles. The topological polar surface area (TPSA) is 22.1 Å². The number of benzene rings is 1. The Morgan fingerprint density at radius 2 is 1.88 bits per heavy atom. The van der Waals surface area contributed by atoms with Gasteiger partial charge in [-0.25, -0.2) is 0 Å². The maximum absolute atomic E-state index is 6.10. The predicted octanol–water partition coefficient (Wildman–Crippen LogP) is 3.64. The van der Waals surface area contributed by atoms with Gasteiger partial charge in [0, 0.05) is 11.6 Å². The zero-order chi connectivity index (χ0) is 11.4. The molecular formula is C13H16AlNO. The van der Waals surface area contributed by atoms with Crippen LogP contribution in [0, 0.1) is 0 Å². The molecule has 0 fully saturated rings. The lowest BCUT2D eigenvalue weighted by Crippen LogP contribution is -2.19. The van der Waals surface area contributed by atoms with Gasteiger partial charge < -0.3 is 3.79 Å². The molecule has 0 aliphatic heterocycles. The summed E-state index contributed by atoms with van der Waals surface area (Å²) in [6.07, 6.45) is 1.82. The number of pyridine rings is 1. The second-order valence-corrected chi connectivity index (χ2v) is 7.00. The molecule has 0 saturated carbocycles. The van der Waals surface area contributed by atoms with Gasteiger partial charge in [0.25, 0.3) is 0 Å². The van der Waals surface area contributed by atoms with Gasteiger partial charge >= 0.3 is 14.5 Å². The minimum atomic E-state index is -1.07. The molecule has 2 nitrogen and oxygen atoms in total. The summed E-state index contributed by atoms with van der Waals surface area (Å²) in [4.78, 5) is 4.40. The molecule has 1 aromatic carbocycles.